The van der Waals surface area contributed by atoms with Gasteiger partial charge in [-0.3, -0.25) is 0 Å². The average molecular weight is 389 g/mol. The molecule has 0 heterocycles. The van der Waals surface area contributed by atoms with Crippen molar-refractivity contribution in [1.82, 2.24) is 0 Å². The Bertz CT molecular complexity index is 243. The van der Waals surface area contributed by atoms with Crippen LogP contribution in [0.25, 0.3) is 0 Å². The second-order valence-electron chi connectivity index (χ2n) is 7.66. The van der Waals surface area contributed by atoms with E-state index in [1.807, 2.05) is 0 Å². The molecule has 0 aliphatic carbocycles. The maximum absolute atomic E-state index is 12.6. The molecule has 0 bridgehead atoms. The summed E-state index contributed by atoms with van der Waals surface area (Å²) in [7, 11) is 0. The zero-order valence-corrected chi connectivity index (χ0v) is 17.8. The second-order valence-corrected chi connectivity index (χ2v) is 21.5. The molecule has 0 aliphatic heterocycles. The van der Waals surface area contributed by atoms with Crippen molar-refractivity contribution in [3.63, 3.8) is 0 Å². The van der Waals surface area contributed by atoms with E-state index < -0.39 is 18.4 Å². The van der Waals surface area contributed by atoms with Crippen LogP contribution in [0.4, 0.5) is 0 Å². The standard InChI is InChI=1S/C6H11O.3C4H9.Sn/c1-5(7)6(2,3)4;3*1-3-4-2;/h1H2,2-4H3;3*1,3-4H2,2H3;. The monoisotopic (exact) mass is 390 g/mol. The predicted octanol–water partition coefficient (Wildman–Crippen LogP) is 6.45. The molecule has 1 nitrogen and oxygen atoms in total. The third-order valence-electron chi connectivity index (χ3n) is 4.55. The van der Waals surface area contributed by atoms with Gasteiger partial charge in [0.15, 0.2) is 0 Å². The third-order valence-corrected chi connectivity index (χ3v) is 19.7. The Morgan fingerprint density at radius 3 is 1.40 bits per heavy atom. The molecule has 0 N–H and O–H groups in total. The molecule has 0 aromatic rings. The Labute approximate surface area is 132 Å². The maximum atomic E-state index is 12.6. The van der Waals surface area contributed by atoms with Gasteiger partial charge in [-0.1, -0.05) is 0 Å². The van der Waals surface area contributed by atoms with Gasteiger partial charge >= 0.3 is 132 Å². The van der Waals surface area contributed by atoms with Crippen LogP contribution in [0.1, 0.15) is 80.1 Å². The van der Waals surface area contributed by atoms with Gasteiger partial charge in [0.05, 0.1) is 0 Å². The average Bonchev–Trinajstić information content (AvgIpc) is 2.39. The van der Waals surface area contributed by atoms with Crippen molar-refractivity contribution in [1.29, 1.82) is 0 Å². The molecule has 0 amide bonds. The van der Waals surface area contributed by atoms with E-state index in [-0.39, 0.29) is 5.41 Å². The first-order valence-corrected chi connectivity index (χ1v) is 16.9. The van der Waals surface area contributed by atoms with Gasteiger partial charge in [-0.2, -0.15) is 0 Å². The summed E-state index contributed by atoms with van der Waals surface area (Å²) in [6, 6.07) is 0. The first kappa shape index (κ1) is 20.5. The Hall–Kier alpha value is 0.469. The van der Waals surface area contributed by atoms with Gasteiger partial charge in [0.1, 0.15) is 0 Å². The number of hydrogen-bond acceptors (Lipinski definition) is 1. The second kappa shape index (κ2) is 10.2. The van der Waals surface area contributed by atoms with E-state index in [1.54, 1.807) is 0 Å². The number of hydrogen-bond donors (Lipinski definition) is 0. The quantitative estimate of drug-likeness (QED) is 0.371. The molecule has 0 aromatic carbocycles. The molecule has 2 heteroatoms. The molecule has 0 saturated carbocycles. The van der Waals surface area contributed by atoms with Crippen LogP contribution in [0, 0.1) is 5.41 Å². The van der Waals surface area contributed by atoms with Crippen molar-refractivity contribution in [3.05, 3.63) is 0 Å². The van der Waals surface area contributed by atoms with Crippen molar-refractivity contribution in [2.45, 2.75) is 97.8 Å². The summed E-state index contributed by atoms with van der Waals surface area (Å²) in [5.41, 5.74) is -0.132. The van der Waals surface area contributed by atoms with Crippen LogP contribution >= 0.6 is 0 Å². The van der Waals surface area contributed by atoms with E-state index in [1.165, 1.54) is 51.8 Å². The van der Waals surface area contributed by atoms with E-state index in [4.69, 9.17) is 0 Å². The number of rotatable bonds is 11. The third kappa shape index (κ3) is 8.04. The van der Waals surface area contributed by atoms with Crippen molar-refractivity contribution in [2.24, 2.45) is 5.41 Å². The summed E-state index contributed by atoms with van der Waals surface area (Å²) in [5, 5.41) is 0. The fourth-order valence-electron chi connectivity index (χ4n) is 2.90. The minimum atomic E-state index is -2.23. The van der Waals surface area contributed by atoms with Gasteiger partial charge < -0.3 is 0 Å². The molecule has 0 aromatic heterocycles. The van der Waals surface area contributed by atoms with Crippen LogP contribution in [0.3, 0.4) is 0 Å². The molecule has 0 radical (unpaired) electrons. The fraction of sp³-hybridized carbons (Fsp3) is 0.944. The summed E-state index contributed by atoms with van der Waals surface area (Å²) in [6.07, 6.45) is 7.96. The number of carbonyl (C=O) groups excluding carboxylic acids is 1. The van der Waals surface area contributed by atoms with E-state index in [0.717, 1.165) is 4.44 Å². The van der Waals surface area contributed by atoms with Gasteiger partial charge in [0.2, 0.25) is 0 Å². The number of carbonyl (C=O) groups is 1. The van der Waals surface area contributed by atoms with E-state index >= 15 is 0 Å². The molecule has 0 spiro atoms. The van der Waals surface area contributed by atoms with E-state index in [0.29, 0.717) is 5.78 Å². The summed E-state index contributed by atoms with van der Waals surface area (Å²) in [4.78, 5) is 12.6. The number of unbranched alkanes of at least 4 members (excludes halogenated alkanes) is 3. The Kier molecular flexibility index (Phi) is 10.5. The van der Waals surface area contributed by atoms with Crippen LogP contribution in [0.5, 0.6) is 0 Å². The van der Waals surface area contributed by atoms with E-state index in [9.17, 15) is 4.79 Å². The van der Waals surface area contributed by atoms with Gasteiger partial charge in [-0.05, 0) is 0 Å². The molecular formula is C18H38OSn. The summed E-state index contributed by atoms with van der Waals surface area (Å²) < 4.78 is 5.37. The van der Waals surface area contributed by atoms with E-state index in [2.05, 4.69) is 41.5 Å². The Morgan fingerprint density at radius 2 is 1.15 bits per heavy atom. The molecule has 0 fully saturated rings. The molecule has 120 valence electrons. The molecule has 20 heavy (non-hydrogen) atoms. The van der Waals surface area contributed by atoms with Crippen molar-refractivity contribution >= 4 is 24.2 Å². The van der Waals surface area contributed by atoms with Crippen molar-refractivity contribution in [3.8, 4) is 0 Å². The SMILES string of the molecule is CCC[CH2][Sn]([CH2]CCC)([CH2]CCC)[CH2]C(=O)C(C)(C)C. The van der Waals surface area contributed by atoms with Crippen molar-refractivity contribution < 1.29 is 4.79 Å². The number of ketones is 1. The topological polar surface area (TPSA) is 17.1 Å². The van der Waals surface area contributed by atoms with Gasteiger partial charge in [-0.15, -0.1) is 0 Å². The molecule has 0 aliphatic rings. The predicted molar refractivity (Wildman–Crippen MR) is 94.2 cm³/mol. The Balaban J connectivity index is 4.97. The minimum absolute atomic E-state index is 0.132. The fourth-order valence-corrected chi connectivity index (χ4v) is 19.5. The van der Waals surface area contributed by atoms with Crippen LogP contribution in [-0.2, 0) is 4.79 Å². The van der Waals surface area contributed by atoms with Crippen molar-refractivity contribution in [2.75, 3.05) is 0 Å². The van der Waals surface area contributed by atoms with Gasteiger partial charge in [-0.25, -0.2) is 0 Å². The first-order valence-electron chi connectivity index (χ1n) is 8.84. The molecule has 0 saturated heterocycles. The van der Waals surface area contributed by atoms with Crippen LogP contribution in [0.2, 0.25) is 17.7 Å². The van der Waals surface area contributed by atoms with Crippen LogP contribution in [-0.4, -0.2) is 24.2 Å². The normalized spacial score (nSPS) is 12.7. The molecule has 0 unspecified atom stereocenters. The van der Waals surface area contributed by atoms with Crippen LogP contribution < -0.4 is 0 Å². The molecule has 0 rings (SSSR count). The summed E-state index contributed by atoms with van der Waals surface area (Å²) in [6.45, 7) is 13.2. The molecule has 0 atom stereocenters. The first-order chi connectivity index (χ1) is 9.31. The summed E-state index contributed by atoms with van der Waals surface area (Å²) >= 11 is -2.23. The van der Waals surface area contributed by atoms with Gasteiger partial charge in [0.25, 0.3) is 0 Å². The van der Waals surface area contributed by atoms with Crippen LogP contribution in [0.15, 0.2) is 0 Å². The zero-order chi connectivity index (χ0) is 15.6. The molecular weight excluding hydrogens is 351 g/mol. The Morgan fingerprint density at radius 1 is 0.800 bits per heavy atom. The zero-order valence-electron chi connectivity index (χ0n) is 15.0. The summed E-state index contributed by atoms with van der Waals surface area (Å²) in [5.74, 6) is 0.552. The van der Waals surface area contributed by atoms with Gasteiger partial charge in [0, 0.05) is 0 Å². The number of Topliss-reactive ketones (excluding diaryl/α,β-unsaturated/α-hetero) is 1.